The molecule has 0 bridgehead atoms. The van der Waals surface area contributed by atoms with E-state index in [2.05, 4.69) is 21.5 Å². The zero-order valence-corrected chi connectivity index (χ0v) is 11.9. The summed E-state index contributed by atoms with van der Waals surface area (Å²) in [7, 11) is 0. The lowest BCUT2D eigenvalue weighted by Gasteiger charge is -2.31. The summed E-state index contributed by atoms with van der Waals surface area (Å²) < 4.78 is 1.32. The van der Waals surface area contributed by atoms with Gasteiger partial charge in [0.1, 0.15) is 11.3 Å². The molecule has 0 saturated heterocycles. The zero-order valence-electron chi connectivity index (χ0n) is 11.9. The van der Waals surface area contributed by atoms with Gasteiger partial charge < -0.3 is 11.1 Å². The molecule has 3 N–H and O–H groups in total. The summed E-state index contributed by atoms with van der Waals surface area (Å²) in [5.74, 6) is -0.933. The molecular formula is C14H14N6O2. The number of carbonyl (C=O) groups is 2. The molecule has 0 unspecified atom stereocenters. The third-order valence-electron chi connectivity index (χ3n) is 3.83. The summed E-state index contributed by atoms with van der Waals surface area (Å²) in [6.07, 6.45) is 2.75. The molecule has 2 amide bonds. The predicted octanol–water partition coefficient (Wildman–Crippen LogP) is 0.169. The van der Waals surface area contributed by atoms with Crippen LogP contribution in [0.5, 0.6) is 0 Å². The molecule has 0 spiro atoms. The minimum Gasteiger partial charge on any atom is -0.365 e. The quantitative estimate of drug-likeness (QED) is 0.835. The minimum atomic E-state index is -0.631. The number of nitrogens with two attached hydrogens (primary N) is 1. The Morgan fingerprint density at radius 2 is 2.23 bits per heavy atom. The summed E-state index contributed by atoms with van der Waals surface area (Å²) in [4.78, 5) is 27.9. The molecule has 8 heteroatoms. The largest absolute Gasteiger partial charge is 0.365 e. The maximum atomic E-state index is 12.3. The van der Waals surface area contributed by atoms with Crippen molar-refractivity contribution >= 4 is 17.5 Å². The van der Waals surface area contributed by atoms with Crippen molar-refractivity contribution in [2.45, 2.75) is 25.8 Å². The van der Waals surface area contributed by atoms with E-state index in [0.717, 1.165) is 0 Å². The van der Waals surface area contributed by atoms with Gasteiger partial charge in [0.15, 0.2) is 5.65 Å². The number of fused-ring (bicyclic) bond motifs is 1. The SMILES string of the molecule is Cc1nn2c(C(=O)N[C@H]3C[C@@H](C#N)C3)ccnc2c1C(N)=O. The highest BCUT2D eigenvalue weighted by atomic mass is 16.2. The Hall–Kier alpha value is -2.95. The van der Waals surface area contributed by atoms with Crippen LogP contribution >= 0.6 is 0 Å². The summed E-state index contributed by atoms with van der Waals surface area (Å²) in [6.45, 7) is 1.64. The second-order valence-corrected chi connectivity index (χ2v) is 5.36. The van der Waals surface area contributed by atoms with E-state index in [-0.39, 0.29) is 34.8 Å². The van der Waals surface area contributed by atoms with Gasteiger partial charge in [-0.15, -0.1) is 0 Å². The first kappa shape index (κ1) is 14.0. The van der Waals surface area contributed by atoms with E-state index in [1.54, 1.807) is 6.92 Å². The van der Waals surface area contributed by atoms with Crippen molar-refractivity contribution in [3.8, 4) is 6.07 Å². The van der Waals surface area contributed by atoms with Crippen LogP contribution in [0.4, 0.5) is 0 Å². The Morgan fingerprint density at radius 1 is 1.50 bits per heavy atom. The van der Waals surface area contributed by atoms with Gasteiger partial charge in [0.05, 0.1) is 17.7 Å². The van der Waals surface area contributed by atoms with Crippen LogP contribution in [0.25, 0.3) is 5.65 Å². The number of carbonyl (C=O) groups excluding carboxylic acids is 2. The number of amides is 2. The van der Waals surface area contributed by atoms with E-state index >= 15 is 0 Å². The molecule has 0 aromatic carbocycles. The molecule has 112 valence electrons. The lowest BCUT2D eigenvalue weighted by molar-refractivity contribution is 0.0895. The summed E-state index contributed by atoms with van der Waals surface area (Å²) in [5, 5.41) is 15.8. The fourth-order valence-corrected chi connectivity index (χ4v) is 2.61. The highest BCUT2D eigenvalue weighted by Crippen LogP contribution is 2.26. The molecular weight excluding hydrogens is 284 g/mol. The molecule has 8 nitrogen and oxygen atoms in total. The third kappa shape index (κ3) is 2.16. The van der Waals surface area contributed by atoms with Gasteiger partial charge in [-0.2, -0.15) is 10.4 Å². The Kier molecular flexibility index (Phi) is 3.25. The number of aromatic nitrogens is 3. The second-order valence-electron chi connectivity index (χ2n) is 5.36. The molecule has 2 aromatic rings. The van der Waals surface area contributed by atoms with E-state index in [4.69, 9.17) is 11.0 Å². The van der Waals surface area contributed by atoms with Crippen LogP contribution in [0, 0.1) is 24.2 Å². The number of nitrogens with one attached hydrogen (secondary N) is 1. The Morgan fingerprint density at radius 3 is 2.86 bits per heavy atom. The molecule has 3 rings (SSSR count). The first-order chi connectivity index (χ1) is 10.5. The number of nitrogens with zero attached hydrogens (tertiary/aromatic N) is 4. The van der Waals surface area contributed by atoms with E-state index in [1.807, 2.05) is 0 Å². The van der Waals surface area contributed by atoms with Crippen LogP contribution in [0.15, 0.2) is 12.3 Å². The second kappa shape index (κ2) is 5.11. The number of hydrogen-bond donors (Lipinski definition) is 2. The van der Waals surface area contributed by atoms with Crippen molar-refractivity contribution < 1.29 is 9.59 Å². The predicted molar refractivity (Wildman–Crippen MR) is 75.8 cm³/mol. The average Bonchev–Trinajstić information content (AvgIpc) is 2.77. The number of aryl methyl sites for hydroxylation is 1. The summed E-state index contributed by atoms with van der Waals surface area (Å²) in [5.41, 5.74) is 6.51. The molecule has 1 fully saturated rings. The van der Waals surface area contributed by atoms with Gasteiger partial charge in [0.25, 0.3) is 11.8 Å². The van der Waals surface area contributed by atoms with Gasteiger partial charge in [-0.25, -0.2) is 9.50 Å². The number of hydrogen-bond acceptors (Lipinski definition) is 5. The van der Waals surface area contributed by atoms with Crippen LogP contribution in [0.3, 0.4) is 0 Å². The molecule has 2 aromatic heterocycles. The standard InChI is InChI=1S/C14H14N6O2/c1-7-11(12(16)21)13-17-3-2-10(20(13)19-7)14(22)18-9-4-8(5-9)6-15/h2-3,8-9H,4-5H2,1H3,(H2,16,21)(H,18,22)/t8-,9+. The van der Waals surface area contributed by atoms with Crippen molar-refractivity contribution in [3.05, 3.63) is 29.2 Å². The normalized spacial score (nSPS) is 20.2. The molecule has 0 aliphatic heterocycles. The van der Waals surface area contributed by atoms with E-state index < -0.39 is 5.91 Å². The maximum absolute atomic E-state index is 12.3. The molecule has 1 saturated carbocycles. The van der Waals surface area contributed by atoms with Crippen LogP contribution in [-0.2, 0) is 0 Å². The highest BCUT2D eigenvalue weighted by Gasteiger charge is 2.31. The zero-order chi connectivity index (χ0) is 15.9. The van der Waals surface area contributed by atoms with Crippen molar-refractivity contribution in [2.24, 2.45) is 11.7 Å². The number of primary amides is 1. The Labute approximate surface area is 125 Å². The van der Waals surface area contributed by atoms with E-state index in [0.29, 0.717) is 18.5 Å². The smallest absolute Gasteiger partial charge is 0.270 e. The fourth-order valence-electron chi connectivity index (χ4n) is 2.61. The molecule has 1 aliphatic rings. The van der Waals surface area contributed by atoms with E-state index in [1.165, 1.54) is 16.8 Å². The molecule has 1 aliphatic carbocycles. The van der Waals surface area contributed by atoms with Crippen molar-refractivity contribution in [2.75, 3.05) is 0 Å². The molecule has 0 radical (unpaired) electrons. The Bertz CT molecular complexity index is 813. The van der Waals surface area contributed by atoms with Crippen molar-refractivity contribution in [1.82, 2.24) is 19.9 Å². The van der Waals surface area contributed by atoms with Crippen LogP contribution in [0.2, 0.25) is 0 Å². The van der Waals surface area contributed by atoms with Crippen LogP contribution < -0.4 is 11.1 Å². The third-order valence-corrected chi connectivity index (χ3v) is 3.83. The van der Waals surface area contributed by atoms with Gasteiger partial charge in [-0.05, 0) is 25.8 Å². The lowest BCUT2D eigenvalue weighted by Crippen LogP contribution is -2.44. The molecule has 0 atom stereocenters. The van der Waals surface area contributed by atoms with Gasteiger partial charge in [0, 0.05) is 12.2 Å². The number of rotatable bonds is 3. The van der Waals surface area contributed by atoms with Crippen LogP contribution in [-0.4, -0.2) is 32.5 Å². The van der Waals surface area contributed by atoms with Gasteiger partial charge in [-0.3, -0.25) is 9.59 Å². The van der Waals surface area contributed by atoms with Crippen LogP contribution in [0.1, 0.15) is 39.4 Å². The van der Waals surface area contributed by atoms with Gasteiger partial charge in [0.2, 0.25) is 0 Å². The van der Waals surface area contributed by atoms with Crippen molar-refractivity contribution in [3.63, 3.8) is 0 Å². The average molecular weight is 298 g/mol. The van der Waals surface area contributed by atoms with E-state index in [9.17, 15) is 9.59 Å². The first-order valence-corrected chi connectivity index (χ1v) is 6.86. The van der Waals surface area contributed by atoms with Crippen molar-refractivity contribution in [1.29, 1.82) is 5.26 Å². The fraction of sp³-hybridized carbons (Fsp3) is 0.357. The Balaban J connectivity index is 1.91. The highest BCUT2D eigenvalue weighted by molar-refractivity contribution is 6.01. The number of nitriles is 1. The lowest BCUT2D eigenvalue weighted by atomic mass is 9.81. The maximum Gasteiger partial charge on any atom is 0.270 e. The monoisotopic (exact) mass is 298 g/mol. The minimum absolute atomic E-state index is 0.00682. The molecule has 2 heterocycles. The topological polar surface area (TPSA) is 126 Å². The summed E-state index contributed by atoms with van der Waals surface area (Å²) >= 11 is 0. The van der Waals surface area contributed by atoms with Gasteiger partial charge >= 0.3 is 0 Å². The molecule has 22 heavy (non-hydrogen) atoms. The summed E-state index contributed by atoms with van der Waals surface area (Å²) in [6, 6.07) is 3.69. The first-order valence-electron chi connectivity index (χ1n) is 6.86. The van der Waals surface area contributed by atoms with Gasteiger partial charge in [-0.1, -0.05) is 0 Å².